The van der Waals surface area contributed by atoms with Crippen molar-refractivity contribution in [1.29, 1.82) is 0 Å². The Morgan fingerprint density at radius 2 is 2.10 bits per heavy atom. The summed E-state index contributed by atoms with van der Waals surface area (Å²) >= 11 is 0. The fourth-order valence-electron chi connectivity index (χ4n) is 0.409. The van der Waals surface area contributed by atoms with Gasteiger partial charge in [0.15, 0.2) is 0 Å². The molecule has 4 heteroatoms. The van der Waals surface area contributed by atoms with E-state index in [1.807, 2.05) is 0 Å². The van der Waals surface area contributed by atoms with E-state index in [-0.39, 0.29) is 13.0 Å². The SMILES string of the molecule is [CH2]C(=O)OCCCC(=O)O. The first-order valence-corrected chi connectivity index (χ1v) is 2.83. The quantitative estimate of drug-likeness (QED) is 0.454. The van der Waals surface area contributed by atoms with Gasteiger partial charge >= 0.3 is 11.9 Å². The van der Waals surface area contributed by atoms with Crippen LogP contribution in [0.1, 0.15) is 12.8 Å². The molecule has 1 radical (unpaired) electrons. The maximum absolute atomic E-state index is 10.0. The zero-order chi connectivity index (χ0) is 7.98. The second kappa shape index (κ2) is 4.78. The van der Waals surface area contributed by atoms with E-state index in [1.165, 1.54) is 0 Å². The van der Waals surface area contributed by atoms with E-state index in [0.29, 0.717) is 6.42 Å². The lowest BCUT2D eigenvalue weighted by Crippen LogP contribution is -2.03. The molecule has 0 aliphatic rings. The topological polar surface area (TPSA) is 63.6 Å². The zero-order valence-corrected chi connectivity index (χ0v) is 5.50. The Hall–Kier alpha value is -1.06. The van der Waals surface area contributed by atoms with Crippen LogP contribution < -0.4 is 0 Å². The summed E-state index contributed by atoms with van der Waals surface area (Å²) in [5.41, 5.74) is 0. The zero-order valence-electron chi connectivity index (χ0n) is 5.50. The van der Waals surface area contributed by atoms with Gasteiger partial charge in [-0.05, 0) is 6.42 Å². The fourth-order valence-corrected chi connectivity index (χ4v) is 0.409. The summed E-state index contributed by atoms with van der Waals surface area (Å²) in [7, 11) is 0. The Bertz CT molecular complexity index is 114. The van der Waals surface area contributed by atoms with Crippen LogP contribution in [0.25, 0.3) is 0 Å². The second-order valence-corrected chi connectivity index (χ2v) is 1.72. The minimum Gasteiger partial charge on any atom is -0.481 e. The van der Waals surface area contributed by atoms with Gasteiger partial charge in [-0.15, -0.1) is 0 Å². The molecule has 0 rings (SSSR count). The smallest absolute Gasteiger partial charge is 0.306 e. The third-order valence-electron chi connectivity index (χ3n) is 0.798. The van der Waals surface area contributed by atoms with Gasteiger partial charge in [0, 0.05) is 6.42 Å². The Kier molecular flexibility index (Phi) is 4.28. The highest BCUT2D eigenvalue weighted by molar-refractivity contribution is 5.73. The Morgan fingerprint density at radius 1 is 1.50 bits per heavy atom. The molecule has 0 atom stereocenters. The molecule has 10 heavy (non-hydrogen) atoms. The van der Waals surface area contributed by atoms with Crippen molar-refractivity contribution >= 4 is 11.9 Å². The van der Waals surface area contributed by atoms with Crippen molar-refractivity contribution in [1.82, 2.24) is 0 Å². The molecule has 0 aromatic carbocycles. The van der Waals surface area contributed by atoms with E-state index in [1.54, 1.807) is 0 Å². The standard InChI is InChI=1S/C6H9O4/c1-5(7)10-4-2-3-6(8)9/h1-4H2,(H,8,9). The van der Waals surface area contributed by atoms with Crippen LogP contribution in [0, 0.1) is 6.92 Å². The van der Waals surface area contributed by atoms with Gasteiger partial charge in [-0.3, -0.25) is 9.59 Å². The summed E-state index contributed by atoms with van der Waals surface area (Å²) in [6.07, 6.45) is 0.365. The molecule has 1 N–H and O–H groups in total. The molecular formula is C6H9O4. The van der Waals surface area contributed by atoms with Crippen LogP contribution in [0.2, 0.25) is 0 Å². The van der Waals surface area contributed by atoms with Crippen LogP contribution in [-0.4, -0.2) is 23.7 Å². The third-order valence-corrected chi connectivity index (χ3v) is 0.798. The minimum atomic E-state index is -0.889. The van der Waals surface area contributed by atoms with Crippen LogP contribution in [0.5, 0.6) is 0 Å². The molecule has 0 fully saturated rings. The highest BCUT2D eigenvalue weighted by Gasteiger charge is 1.97. The molecule has 0 heterocycles. The Labute approximate surface area is 58.8 Å². The molecule has 0 saturated heterocycles. The van der Waals surface area contributed by atoms with E-state index >= 15 is 0 Å². The van der Waals surface area contributed by atoms with E-state index in [9.17, 15) is 9.59 Å². The van der Waals surface area contributed by atoms with Crippen molar-refractivity contribution in [2.75, 3.05) is 6.61 Å². The van der Waals surface area contributed by atoms with Gasteiger partial charge in [0.2, 0.25) is 0 Å². The van der Waals surface area contributed by atoms with Crippen molar-refractivity contribution in [3.8, 4) is 0 Å². The molecular weight excluding hydrogens is 136 g/mol. The molecule has 0 spiro atoms. The molecule has 0 aromatic rings. The first-order chi connectivity index (χ1) is 4.63. The van der Waals surface area contributed by atoms with E-state index in [4.69, 9.17) is 5.11 Å². The lowest BCUT2D eigenvalue weighted by molar-refractivity contribution is -0.141. The van der Waals surface area contributed by atoms with Crippen LogP contribution in [0.3, 0.4) is 0 Å². The number of carbonyl (C=O) groups is 2. The Balaban J connectivity index is 3.06. The predicted octanol–water partition coefficient (Wildman–Crippen LogP) is 0.228. The largest absolute Gasteiger partial charge is 0.481 e. The summed E-state index contributed by atoms with van der Waals surface area (Å²) in [6, 6.07) is 0. The molecule has 4 nitrogen and oxygen atoms in total. The number of carboxylic acids is 1. The van der Waals surface area contributed by atoms with Crippen LogP contribution in [0.15, 0.2) is 0 Å². The molecule has 0 aromatic heterocycles. The number of carbonyl (C=O) groups excluding carboxylic acids is 1. The summed E-state index contributed by atoms with van der Waals surface area (Å²) < 4.78 is 4.38. The van der Waals surface area contributed by atoms with E-state index in [0.717, 1.165) is 0 Å². The predicted molar refractivity (Wildman–Crippen MR) is 33.2 cm³/mol. The van der Waals surface area contributed by atoms with Crippen molar-refractivity contribution < 1.29 is 19.4 Å². The van der Waals surface area contributed by atoms with Gasteiger partial charge in [-0.2, -0.15) is 0 Å². The summed E-state index contributed by atoms with van der Waals surface area (Å²) in [5.74, 6) is -1.51. The van der Waals surface area contributed by atoms with E-state index < -0.39 is 11.9 Å². The molecule has 0 unspecified atom stereocenters. The number of carboxylic acid groups (broad SMARTS) is 1. The van der Waals surface area contributed by atoms with Gasteiger partial charge in [0.1, 0.15) is 0 Å². The molecule has 0 amide bonds. The number of aliphatic carboxylic acids is 1. The third kappa shape index (κ3) is 6.94. The van der Waals surface area contributed by atoms with Gasteiger partial charge in [-0.25, -0.2) is 0 Å². The Morgan fingerprint density at radius 3 is 2.50 bits per heavy atom. The normalized spacial score (nSPS) is 8.90. The van der Waals surface area contributed by atoms with Crippen molar-refractivity contribution in [2.24, 2.45) is 0 Å². The molecule has 0 saturated carbocycles. The summed E-state index contributed by atoms with van der Waals surface area (Å²) in [5, 5.41) is 8.12. The number of ether oxygens (including phenoxy) is 1. The van der Waals surface area contributed by atoms with Gasteiger partial charge in [-0.1, -0.05) is 0 Å². The van der Waals surface area contributed by atoms with Crippen LogP contribution >= 0.6 is 0 Å². The van der Waals surface area contributed by atoms with E-state index in [2.05, 4.69) is 11.7 Å². The monoisotopic (exact) mass is 145 g/mol. The minimum absolute atomic E-state index is 0.0211. The summed E-state index contributed by atoms with van der Waals surface area (Å²) in [6.45, 7) is 3.08. The number of hydrogen-bond donors (Lipinski definition) is 1. The van der Waals surface area contributed by atoms with Gasteiger partial charge in [0.25, 0.3) is 0 Å². The maximum atomic E-state index is 10.0. The lowest BCUT2D eigenvalue weighted by atomic mass is 10.3. The van der Waals surface area contributed by atoms with Gasteiger partial charge in [0.05, 0.1) is 13.5 Å². The number of esters is 1. The average Bonchev–Trinajstić information content (AvgIpc) is 1.79. The number of hydrogen-bond acceptors (Lipinski definition) is 3. The molecule has 0 bridgehead atoms. The molecule has 0 aliphatic heterocycles. The van der Waals surface area contributed by atoms with Crippen molar-refractivity contribution in [2.45, 2.75) is 12.8 Å². The molecule has 0 aliphatic carbocycles. The number of rotatable bonds is 4. The van der Waals surface area contributed by atoms with Crippen LogP contribution in [-0.2, 0) is 14.3 Å². The van der Waals surface area contributed by atoms with Crippen LogP contribution in [0.4, 0.5) is 0 Å². The summed E-state index contributed by atoms with van der Waals surface area (Å²) in [4.78, 5) is 19.9. The van der Waals surface area contributed by atoms with Gasteiger partial charge < -0.3 is 9.84 Å². The maximum Gasteiger partial charge on any atom is 0.306 e. The second-order valence-electron chi connectivity index (χ2n) is 1.72. The average molecular weight is 145 g/mol. The lowest BCUT2D eigenvalue weighted by Gasteiger charge is -1.97. The first kappa shape index (κ1) is 8.94. The first-order valence-electron chi connectivity index (χ1n) is 2.83. The van der Waals surface area contributed by atoms with Crippen molar-refractivity contribution in [3.05, 3.63) is 6.92 Å². The van der Waals surface area contributed by atoms with Crippen molar-refractivity contribution in [3.63, 3.8) is 0 Å². The fraction of sp³-hybridized carbons (Fsp3) is 0.500. The highest BCUT2D eigenvalue weighted by Crippen LogP contribution is 1.89. The molecule has 57 valence electrons. The highest BCUT2D eigenvalue weighted by atomic mass is 16.5.